The number of aryl methyl sites for hydroxylation is 1. The molecule has 172 valence electrons. The van der Waals surface area contributed by atoms with Crippen molar-refractivity contribution in [2.75, 3.05) is 36.0 Å². The van der Waals surface area contributed by atoms with Crippen LogP contribution in [0.3, 0.4) is 0 Å². The van der Waals surface area contributed by atoms with Gasteiger partial charge in [-0.3, -0.25) is 0 Å². The van der Waals surface area contributed by atoms with Crippen LogP contribution in [0.5, 0.6) is 11.5 Å². The summed E-state index contributed by atoms with van der Waals surface area (Å²) >= 11 is 0. The summed E-state index contributed by atoms with van der Waals surface area (Å²) in [7, 11) is 0. The van der Waals surface area contributed by atoms with Gasteiger partial charge in [-0.05, 0) is 68.5 Å². The van der Waals surface area contributed by atoms with Gasteiger partial charge in [0, 0.05) is 60.7 Å². The zero-order chi connectivity index (χ0) is 22.9. The Labute approximate surface area is 197 Å². The molecular formula is C29H34N2O2. The first kappa shape index (κ1) is 21.8. The van der Waals surface area contributed by atoms with Crippen molar-refractivity contribution in [3.8, 4) is 11.5 Å². The number of anilines is 2. The molecule has 2 aliphatic heterocycles. The summed E-state index contributed by atoms with van der Waals surface area (Å²) < 4.78 is 6.57. The van der Waals surface area contributed by atoms with Crippen molar-refractivity contribution < 1.29 is 9.84 Å². The topological polar surface area (TPSA) is 35.9 Å². The summed E-state index contributed by atoms with van der Waals surface area (Å²) in [6, 6.07) is 19.4. The van der Waals surface area contributed by atoms with E-state index in [2.05, 4.69) is 73.0 Å². The predicted molar refractivity (Wildman–Crippen MR) is 136 cm³/mol. The van der Waals surface area contributed by atoms with Crippen LogP contribution < -0.4 is 14.5 Å². The second-order valence-electron chi connectivity index (χ2n) is 9.16. The molecule has 4 heteroatoms. The number of ether oxygens (including phenoxy) is 1. The van der Waals surface area contributed by atoms with Gasteiger partial charge < -0.3 is 19.6 Å². The van der Waals surface area contributed by atoms with Crippen LogP contribution in [-0.2, 0) is 6.61 Å². The summed E-state index contributed by atoms with van der Waals surface area (Å²) in [6.07, 6.45) is 2.50. The first-order chi connectivity index (χ1) is 16.1. The molecule has 1 atom stereocenters. The van der Waals surface area contributed by atoms with Gasteiger partial charge in [0.15, 0.2) is 0 Å². The maximum atomic E-state index is 10.2. The molecule has 0 bridgehead atoms. The zero-order valence-electron chi connectivity index (χ0n) is 20.0. The largest absolute Gasteiger partial charge is 0.457 e. The molecule has 1 fully saturated rings. The molecule has 0 saturated carbocycles. The van der Waals surface area contributed by atoms with Gasteiger partial charge in [-0.1, -0.05) is 30.3 Å². The van der Waals surface area contributed by atoms with Gasteiger partial charge in [-0.25, -0.2) is 0 Å². The lowest BCUT2D eigenvalue weighted by Gasteiger charge is -2.33. The Hall–Kier alpha value is -2.98. The molecule has 5 rings (SSSR count). The molecule has 0 aliphatic carbocycles. The van der Waals surface area contributed by atoms with Gasteiger partial charge in [0.1, 0.15) is 11.5 Å². The highest BCUT2D eigenvalue weighted by Crippen LogP contribution is 2.50. The molecular weight excluding hydrogens is 408 g/mol. The van der Waals surface area contributed by atoms with Crippen molar-refractivity contribution in [1.82, 2.24) is 0 Å². The van der Waals surface area contributed by atoms with Crippen LogP contribution in [0.4, 0.5) is 11.4 Å². The summed E-state index contributed by atoms with van der Waals surface area (Å²) in [5.74, 6) is 1.87. The van der Waals surface area contributed by atoms with Gasteiger partial charge in [-0.2, -0.15) is 0 Å². The van der Waals surface area contributed by atoms with Crippen LogP contribution in [0.1, 0.15) is 60.4 Å². The van der Waals surface area contributed by atoms with E-state index in [9.17, 15) is 5.11 Å². The second-order valence-corrected chi connectivity index (χ2v) is 9.16. The lowest BCUT2D eigenvalue weighted by atomic mass is 9.80. The van der Waals surface area contributed by atoms with Crippen molar-refractivity contribution in [1.29, 1.82) is 0 Å². The third-order valence-electron chi connectivity index (χ3n) is 7.28. The number of hydrogen-bond acceptors (Lipinski definition) is 4. The number of nitrogens with zero attached hydrogens (tertiary/aromatic N) is 2. The SMILES string of the molecule is CCN(CC)c1ccc2c(c1)Oc1cc(C)c(N3CCCC3)cc1C2c1ccccc1CO. The fraction of sp³-hybridized carbons (Fsp3) is 0.379. The highest BCUT2D eigenvalue weighted by molar-refractivity contribution is 5.68. The van der Waals surface area contributed by atoms with E-state index in [-0.39, 0.29) is 12.5 Å². The first-order valence-electron chi connectivity index (χ1n) is 12.3. The van der Waals surface area contributed by atoms with Gasteiger partial charge in [0.05, 0.1) is 6.61 Å². The molecule has 0 spiro atoms. The number of rotatable bonds is 6. The van der Waals surface area contributed by atoms with E-state index in [4.69, 9.17) is 4.74 Å². The van der Waals surface area contributed by atoms with Gasteiger partial charge in [0.25, 0.3) is 0 Å². The van der Waals surface area contributed by atoms with Crippen molar-refractivity contribution in [3.63, 3.8) is 0 Å². The van der Waals surface area contributed by atoms with Crippen molar-refractivity contribution in [3.05, 3.63) is 82.4 Å². The quantitative estimate of drug-likeness (QED) is 0.385. The van der Waals surface area contributed by atoms with E-state index in [1.54, 1.807) is 0 Å². The highest BCUT2D eigenvalue weighted by Gasteiger charge is 2.32. The summed E-state index contributed by atoms with van der Waals surface area (Å²) in [6.45, 7) is 10.7. The molecule has 0 radical (unpaired) electrons. The Morgan fingerprint density at radius 3 is 2.36 bits per heavy atom. The number of fused-ring (bicyclic) bond motifs is 2. The van der Waals surface area contributed by atoms with E-state index in [0.717, 1.165) is 54.4 Å². The van der Waals surface area contributed by atoms with Crippen molar-refractivity contribution in [2.24, 2.45) is 0 Å². The monoisotopic (exact) mass is 442 g/mol. The average Bonchev–Trinajstić information content (AvgIpc) is 3.37. The molecule has 1 N–H and O–H groups in total. The summed E-state index contributed by atoms with van der Waals surface area (Å²) in [5.41, 5.74) is 8.22. The Morgan fingerprint density at radius 2 is 1.64 bits per heavy atom. The minimum Gasteiger partial charge on any atom is -0.457 e. The Morgan fingerprint density at radius 1 is 0.909 bits per heavy atom. The van der Waals surface area contributed by atoms with Crippen LogP contribution >= 0.6 is 0 Å². The van der Waals surface area contributed by atoms with E-state index >= 15 is 0 Å². The normalized spacial score (nSPS) is 16.8. The minimum atomic E-state index is 0.0276. The number of hydrogen-bond donors (Lipinski definition) is 1. The molecule has 1 saturated heterocycles. The van der Waals surface area contributed by atoms with Gasteiger partial charge in [-0.15, -0.1) is 0 Å². The van der Waals surface area contributed by atoms with Crippen molar-refractivity contribution in [2.45, 2.75) is 46.1 Å². The molecule has 2 aliphatic rings. The first-order valence-corrected chi connectivity index (χ1v) is 12.3. The summed E-state index contributed by atoms with van der Waals surface area (Å²) in [5, 5.41) is 10.2. The van der Waals surface area contributed by atoms with Crippen LogP contribution in [0.2, 0.25) is 0 Å². The maximum absolute atomic E-state index is 10.2. The molecule has 33 heavy (non-hydrogen) atoms. The van der Waals surface area contributed by atoms with E-state index in [0.29, 0.717) is 0 Å². The highest BCUT2D eigenvalue weighted by atomic mass is 16.5. The smallest absolute Gasteiger partial charge is 0.133 e. The average molecular weight is 443 g/mol. The van der Waals surface area contributed by atoms with E-state index < -0.39 is 0 Å². The fourth-order valence-corrected chi connectivity index (χ4v) is 5.52. The predicted octanol–water partition coefficient (Wildman–Crippen LogP) is 6.22. The number of aliphatic hydroxyl groups excluding tert-OH is 1. The van der Waals surface area contributed by atoms with E-state index in [1.807, 2.05) is 12.1 Å². The van der Waals surface area contributed by atoms with Gasteiger partial charge >= 0.3 is 0 Å². The third kappa shape index (κ3) is 3.87. The van der Waals surface area contributed by atoms with Crippen LogP contribution in [0.15, 0.2) is 54.6 Å². The van der Waals surface area contributed by atoms with Crippen LogP contribution in [0, 0.1) is 6.92 Å². The number of benzene rings is 3. The minimum absolute atomic E-state index is 0.0276. The molecule has 4 nitrogen and oxygen atoms in total. The lowest BCUT2D eigenvalue weighted by Crippen LogP contribution is -2.23. The second kappa shape index (κ2) is 9.11. The number of aliphatic hydroxyl groups is 1. The Kier molecular flexibility index (Phi) is 6.03. The summed E-state index contributed by atoms with van der Waals surface area (Å²) in [4.78, 5) is 4.85. The molecule has 1 unspecified atom stereocenters. The molecule has 0 amide bonds. The van der Waals surface area contributed by atoms with Crippen LogP contribution in [0.25, 0.3) is 0 Å². The Balaban J connectivity index is 1.70. The Bertz CT molecular complexity index is 1150. The maximum Gasteiger partial charge on any atom is 0.133 e. The zero-order valence-corrected chi connectivity index (χ0v) is 20.0. The van der Waals surface area contributed by atoms with E-state index in [1.165, 1.54) is 35.3 Å². The molecule has 0 aromatic heterocycles. The molecule has 2 heterocycles. The lowest BCUT2D eigenvalue weighted by molar-refractivity contribution is 0.280. The third-order valence-corrected chi connectivity index (χ3v) is 7.28. The standard InChI is InChI=1S/C29H34N2O2/c1-4-30(5-2)22-12-13-24-28(17-22)33-27-16-20(3)26(31-14-8-9-15-31)18-25(27)29(24)23-11-7-6-10-21(23)19-32/h6-7,10-13,16-18,29,32H,4-5,8-9,14-15,19H2,1-3H3. The van der Waals surface area contributed by atoms with Gasteiger partial charge in [0.2, 0.25) is 0 Å². The van der Waals surface area contributed by atoms with Crippen LogP contribution in [-0.4, -0.2) is 31.3 Å². The fourth-order valence-electron chi connectivity index (χ4n) is 5.52. The molecule has 3 aromatic carbocycles. The molecule has 3 aromatic rings. The van der Waals surface area contributed by atoms with Crippen molar-refractivity contribution >= 4 is 11.4 Å².